The predicted molar refractivity (Wildman–Crippen MR) is 118 cm³/mol. The minimum absolute atomic E-state index is 0.00452. The molecule has 1 fully saturated rings. The van der Waals surface area contributed by atoms with Crippen molar-refractivity contribution in [2.45, 2.75) is 31.8 Å². The zero-order chi connectivity index (χ0) is 20.8. The largest absolute Gasteiger partial charge is 0.371 e. The van der Waals surface area contributed by atoms with Gasteiger partial charge in [0.05, 0.1) is 11.6 Å². The molecule has 0 bridgehead atoms. The average molecular weight is 399 g/mol. The number of aromatic nitrogens is 1. The summed E-state index contributed by atoms with van der Waals surface area (Å²) < 4.78 is 2.04. The highest BCUT2D eigenvalue weighted by molar-refractivity contribution is 5.93. The molecule has 0 aliphatic carbocycles. The smallest absolute Gasteiger partial charge is 0.268 e. The van der Waals surface area contributed by atoms with Crippen molar-refractivity contribution in [3.63, 3.8) is 0 Å². The summed E-state index contributed by atoms with van der Waals surface area (Å²) in [5.74, 6) is 0.00452. The Balaban J connectivity index is 1.30. The van der Waals surface area contributed by atoms with E-state index in [1.807, 2.05) is 65.4 Å². The van der Waals surface area contributed by atoms with Gasteiger partial charge in [0.2, 0.25) is 0 Å². The molecule has 1 aliphatic heterocycles. The second kappa shape index (κ2) is 9.32. The molecule has 2 heterocycles. The van der Waals surface area contributed by atoms with E-state index < -0.39 is 0 Å². The van der Waals surface area contributed by atoms with Crippen molar-refractivity contribution in [1.82, 2.24) is 9.88 Å². The summed E-state index contributed by atoms with van der Waals surface area (Å²) in [5.41, 5.74) is 3.80. The van der Waals surface area contributed by atoms with Gasteiger partial charge in [0.1, 0.15) is 5.69 Å². The zero-order valence-corrected chi connectivity index (χ0v) is 17.0. The number of carbonyl (C=O) groups is 1. The lowest BCUT2D eigenvalue weighted by Gasteiger charge is -2.34. The van der Waals surface area contributed by atoms with Crippen LogP contribution in [0.15, 0.2) is 72.9 Å². The van der Waals surface area contributed by atoms with Crippen LogP contribution in [0.2, 0.25) is 0 Å². The molecule has 0 radical (unpaired) electrons. The fourth-order valence-corrected chi connectivity index (χ4v) is 4.00. The molecule has 0 saturated carbocycles. The number of carbonyl (C=O) groups excluding carboxylic acids is 1. The van der Waals surface area contributed by atoms with Gasteiger partial charge in [-0.15, -0.1) is 0 Å². The van der Waals surface area contributed by atoms with E-state index in [0.717, 1.165) is 50.3 Å². The van der Waals surface area contributed by atoms with Gasteiger partial charge < -0.3 is 14.8 Å². The Morgan fingerprint density at radius 1 is 1.00 bits per heavy atom. The number of aryl methyl sites for hydroxylation is 2. The van der Waals surface area contributed by atoms with Crippen molar-refractivity contribution >= 4 is 11.6 Å². The summed E-state index contributed by atoms with van der Waals surface area (Å²) in [6, 6.07) is 24.2. The van der Waals surface area contributed by atoms with Crippen molar-refractivity contribution < 1.29 is 4.79 Å². The average Bonchev–Trinajstić information content (AvgIpc) is 3.28. The summed E-state index contributed by atoms with van der Waals surface area (Å²) in [6.45, 7) is 2.58. The fourth-order valence-electron chi connectivity index (χ4n) is 4.00. The molecule has 0 atom stereocenters. The number of nitriles is 1. The Morgan fingerprint density at radius 2 is 1.73 bits per heavy atom. The molecule has 3 aromatic rings. The van der Waals surface area contributed by atoms with Gasteiger partial charge in [0.15, 0.2) is 0 Å². The lowest BCUT2D eigenvalue weighted by molar-refractivity contribution is 0.0921. The maximum Gasteiger partial charge on any atom is 0.268 e. The number of nitrogens with zero attached hydrogens (tertiary/aromatic N) is 3. The van der Waals surface area contributed by atoms with Gasteiger partial charge >= 0.3 is 0 Å². The van der Waals surface area contributed by atoms with E-state index in [0.29, 0.717) is 5.56 Å². The SMILES string of the molecule is N#Cc1ccc(N2CCC(NC(=O)c3cccn3CCc3ccccc3)CC2)cc1. The van der Waals surface area contributed by atoms with Crippen molar-refractivity contribution in [2.24, 2.45) is 0 Å². The molecule has 0 spiro atoms. The normalized spacial score (nSPS) is 14.3. The molecule has 5 nitrogen and oxygen atoms in total. The van der Waals surface area contributed by atoms with Crippen molar-refractivity contribution in [3.8, 4) is 6.07 Å². The quantitative estimate of drug-likeness (QED) is 0.683. The number of hydrogen-bond donors (Lipinski definition) is 1. The van der Waals surface area contributed by atoms with E-state index in [1.54, 1.807) is 0 Å². The third-order valence-corrected chi connectivity index (χ3v) is 5.74. The first-order valence-electron chi connectivity index (χ1n) is 10.5. The van der Waals surface area contributed by atoms with E-state index in [9.17, 15) is 4.79 Å². The van der Waals surface area contributed by atoms with E-state index >= 15 is 0 Å². The highest BCUT2D eigenvalue weighted by Crippen LogP contribution is 2.21. The second-order valence-electron chi connectivity index (χ2n) is 7.72. The van der Waals surface area contributed by atoms with Gasteiger partial charge in [-0.3, -0.25) is 4.79 Å². The highest BCUT2D eigenvalue weighted by atomic mass is 16.2. The van der Waals surface area contributed by atoms with E-state index in [4.69, 9.17) is 5.26 Å². The summed E-state index contributed by atoms with van der Waals surface area (Å²) in [6.07, 6.45) is 4.71. The monoisotopic (exact) mass is 398 g/mol. The van der Waals surface area contributed by atoms with Crippen LogP contribution in [0.3, 0.4) is 0 Å². The molecule has 2 aromatic carbocycles. The van der Waals surface area contributed by atoms with Gasteiger partial charge in [0, 0.05) is 37.6 Å². The van der Waals surface area contributed by atoms with Crippen LogP contribution in [-0.2, 0) is 13.0 Å². The number of nitrogens with one attached hydrogen (secondary N) is 1. The van der Waals surface area contributed by atoms with Crippen LogP contribution >= 0.6 is 0 Å². The predicted octanol–water partition coefficient (Wildman–Crippen LogP) is 4.00. The fraction of sp³-hybridized carbons (Fsp3) is 0.280. The van der Waals surface area contributed by atoms with Gasteiger partial charge in [-0.25, -0.2) is 0 Å². The lowest BCUT2D eigenvalue weighted by Crippen LogP contribution is -2.45. The molecular weight excluding hydrogens is 372 g/mol. The molecule has 0 unspecified atom stereocenters. The highest BCUT2D eigenvalue weighted by Gasteiger charge is 2.22. The topological polar surface area (TPSA) is 61.1 Å². The molecule has 4 rings (SSSR count). The molecule has 152 valence electrons. The van der Waals surface area contributed by atoms with E-state index in [-0.39, 0.29) is 11.9 Å². The molecule has 1 aliphatic rings. The Morgan fingerprint density at radius 3 is 2.43 bits per heavy atom. The summed E-state index contributed by atoms with van der Waals surface area (Å²) in [4.78, 5) is 15.2. The number of hydrogen-bond acceptors (Lipinski definition) is 3. The number of benzene rings is 2. The summed E-state index contributed by atoms with van der Waals surface area (Å²) in [7, 11) is 0. The van der Waals surface area contributed by atoms with Crippen LogP contribution in [0.25, 0.3) is 0 Å². The van der Waals surface area contributed by atoms with Crippen molar-refractivity contribution in [3.05, 3.63) is 89.7 Å². The second-order valence-corrected chi connectivity index (χ2v) is 7.72. The molecule has 5 heteroatoms. The van der Waals surface area contributed by atoms with Crippen molar-refractivity contribution in [1.29, 1.82) is 5.26 Å². The minimum Gasteiger partial charge on any atom is -0.371 e. The molecule has 1 saturated heterocycles. The first-order valence-corrected chi connectivity index (χ1v) is 10.5. The van der Waals surface area contributed by atoms with Gasteiger partial charge in [-0.05, 0) is 61.2 Å². The third kappa shape index (κ3) is 4.72. The lowest BCUT2D eigenvalue weighted by atomic mass is 10.0. The summed E-state index contributed by atoms with van der Waals surface area (Å²) >= 11 is 0. The first kappa shape index (κ1) is 19.8. The maximum atomic E-state index is 12.9. The molecule has 1 amide bonds. The molecular formula is C25H26N4O. The Kier molecular flexibility index (Phi) is 6.14. The number of piperidine rings is 1. The third-order valence-electron chi connectivity index (χ3n) is 5.74. The minimum atomic E-state index is 0.00452. The van der Waals surface area contributed by atoms with Crippen molar-refractivity contribution in [2.75, 3.05) is 18.0 Å². The first-order chi connectivity index (χ1) is 14.7. The Labute approximate surface area is 177 Å². The zero-order valence-electron chi connectivity index (χ0n) is 17.0. The maximum absolute atomic E-state index is 12.9. The number of amides is 1. The molecule has 30 heavy (non-hydrogen) atoms. The number of anilines is 1. The Bertz CT molecular complexity index is 1010. The van der Waals surface area contributed by atoms with Crippen LogP contribution in [0.1, 0.15) is 34.5 Å². The van der Waals surface area contributed by atoms with Crippen LogP contribution in [0.4, 0.5) is 5.69 Å². The molecule has 1 N–H and O–H groups in total. The van der Waals surface area contributed by atoms with Gasteiger partial charge in [0.25, 0.3) is 5.91 Å². The van der Waals surface area contributed by atoms with Gasteiger partial charge in [-0.2, -0.15) is 5.26 Å². The van der Waals surface area contributed by atoms with E-state index in [2.05, 4.69) is 28.4 Å². The van der Waals surface area contributed by atoms with Crippen LogP contribution in [0, 0.1) is 11.3 Å². The van der Waals surface area contributed by atoms with Crippen LogP contribution in [-0.4, -0.2) is 29.6 Å². The van der Waals surface area contributed by atoms with E-state index in [1.165, 1.54) is 5.56 Å². The molecule has 1 aromatic heterocycles. The van der Waals surface area contributed by atoms with Gasteiger partial charge in [-0.1, -0.05) is 30.3 Å². The standard InChI is InChI=1S/C25H26N4O/c26-19-21-8-10-23(11-9-21)28-17-13-22(14-18-28)27-25(30)24-7-4-15-29(24)16-12-20-5-2-1-3-6-20/h1-11,15,22H,12-14,16-18H2,(H,27,30). The van der Waals surface area contributed by atoms with Crippen LogP contribution in [0.5, 0.6) is 0 Å². The van der Waals surface area contributed by atoms with Crippen LogP contribution < -0.4 is 10.2 Å². The number of rotatable bonds is 6. The summed E-state index contributed by atoms with van der Waals surface area (Å²) in [5, 5.41) is 12.2. The Hall–Kier alpha value is -3.52.